The van der Waals surface area contributed by atoms with Crippen LogP contribution in [0.4, 0.5) is 0 Å². The average Bonchev–Trinajstić information content (AvgIpc) is 3.24. The van der Waals surface area contributed by atoms with Crippen LogP contribution in [0.15, 0.2) is 64.3 Å². The van der Waals surface area contributed by atoms with Crippen molar-refractivity contribution < 1.29 is 14.3 Å². The molecule has 2 aromatic carbocycles. The maximum Gasteiger partial charge on any atom is 0.270 e. The predicted molar refractivity (Wildman–Crippen MR) is 106 cm³/mol. The van der Waals surface area contributed by atoms with Gasteiger partial charge in [0.05, 0.1) is 23.9 Å². The van der Waals surface area contributed by atoms with E-state index in [0.29, 0.717) is 22.6 Å². The largest absolute Gasteiger partial charge is 0.497 e. The third-order valence-corrected chi connectivity index (χ3v) is 5.37. The summed E-state index contributed by atoms with van der Waals surface area (Å²) in [6.45, 7) is 0. The van der Waals surface area contributed by atoms with Crippen molar-refractivity contribution in [2.75, 3.05) is 7.11 Å². The fourth-order valence-corrected chi connectivity index (χ4v) is 3.85. The number of carbonyl (C=O) groups is 2. The molecule has 2 amide bonds. The molecule has 0 atom stereocenters. The van der Waals surface area contributed by atoms with Gasteiger partial charge in [-0.3, -0.25) is 20.4 Å². The number of amides is 2. The lowest BCUT2D eigenvalue weighted by Crippen LogP contribution is -2.41. The Morgan fingerprint density at radius 1 is 1.07 bits per heavy atom. The molecule has 0 spiro atoms. The Labute approximate surface area is 164 Å². The summed E-state index contributed by atoms with van der Waals surface area (Å²) in [5.74, 6) is 0.546. The van der Waals surface area contributed by atoms with Crippen LogP contribution in [0.25, 0.3) is 0 Å². The summed E-state index contributed by atoms with van der Waals surface area (Å²) in [5, 5.41) is 1.98. The van der Waals surface area contributed by atoms with Gasteiger partial charge in [-0.05, 0) is 36.4 Å². The van der Waals surface area contributed by atoms with Gasteiger partial charge >= 0.3 is 0 Å². The van der Waals surface area contributed by atoms with Gasteiger partial charge in [0.1, 0.15) is 5.75 Å². The van der Waals surface area contributed by atoms with E-state index >= 15 is 0 Å². The maximum absolute atomic E-state index is 12.5. The number of ether oxygens (including phenoxy) is 1. The predicted octanol–water partition coefficient (Wildman–Crippen LogP) is 3.52. The number of rotatable bonds is 6. The summed E-state index contributed by atoms with van der Waals surface area (Å²) < 4.78 is 5.06. The second-order valence-electron chi connectivity index (χ2n) is 5.40. The molecule has 0 radical (unpaired) electrons. The highest BCUT2D eigenvalue weighted by Gasteiger charge is 2.13. The zero-order valence-electron chi connectivity index (χ0n) is 14.5. The van der Waals surface area contributed by atoms with Crippen molar-refractivity contribution in [2.45, 2.75) is 10.6 Å². The molecular formula is C19H17N3O3S2. The number of hydrogen-bond acceptors (Lipinski definition) is 6. The van der Waals surface area contributed by atoms with Crippen LogP contribution in [0.5, 0.6) is 5.75 Å². The van der Waals surface area contributed by atoms with Crippen LogP contribution in [-0.4, -0.2) is 23.9 Å². The normalized spacial score (nSPS) is 10.3. The maximum atomic E-state index is 12.5. The summed E-state index contributed by atoms with van der Waals surface area (Å²) in [4.78, 5) is 29.7. The van der Waals surface area contributed by atoms with Crippen LogP contribution < -0.4 is 15.6 Å². The van der Waals surface area contributed by atoms with Crippen LogP contribution >= 0.6 is 23.1 Å². The summed E-state index contributed by atoms with van der Waals surface area (Å²) in [6, 6.07) is 13.9. The van der Waals surface area contributed by atoms with E-state index < -0.39 is 5.91 Å². The lowest BCUT2D eigenvalue weighted by molar-refractivity contribution is 0.0845. The third kappa shape index (κ3) is 5.08. The fourth-order valence-electron chi connectivity index (χ4n) is 2.24. The second kappa shape index (κ2) is 9.20. The number of benzene rings is 2. The number of thioether (sulfide) groups is 1. The molecule has 0 fully saturated rings. The van der Waals surface area contributed by atoms with E-state index in [0.717, 1.165) is 10.6 Å². The molecule has 0 bridgehead atoms. The molecule has 2 N–H and O–H groups in total. The molecule has 0 unspecified atom stereocenters. The summed E-state index contributed by atoms with van der Waals surface area (Å²) >= 11 is 3.06. The van der Waals surface area contributed by atoms with Crippen LogP contribution in [0.1, 0.15) is 26.4 Å². The van der Waals surface area contributed by atoms with Crippen LogP contribution in [0.2, 0.25) is 0 Å². The summed E-state index contributed by atoms with van der Waals surface area (Å²) in [5.41, 5.74) is 8.55. The van der Waals surface area contributed by atoms with E-state index in [2.05, 4.69) is 15.8 Å². The number of carbonyl (C=O) groups excluding carboxylic acids is 2. The fraction of sp³-hybridized carbons (Fsp3) is 0.105. The first kappa shape index (κ1) is 18.9. The molecule has 8 heteroatoms. The number of nitrogens with one attached hydrogen (secondary N) is 2. The van der Waals surface area contributed by atoms with E-state index in [1.807, 2.05) is 17.5 Å². The third-order valence-electron chi connectivity index (χ3n) is 3.63. The van der Waals surface area contributed by atoms with Crippen molar-refractivity contribution in [2.24, 2.45) is 0 Å². The van der Waals surface area contributed by atoms with Gasteiger partial charge in [0.2, 0.25) is 0 Å². The lowest BCUT2D eigenvalue weighted by Gasteiger charge is -2.11. The van der Waals surface area contributed by atoms with Gasteiger partial charge in [-0.15, -0.1) is 23.1 Å². The van der Waals surface area contributed by atoms with E-state index in [4.69, 9.17) is 4.74 Å². The first-order chi connectivity index (χ1) is 13.2. The van der Waals surface area contributed by atoms with Gasteiger partial charge in [-0.2, -0.15) is 0 Å². The first-order valence-electron chi connectivity index (χ1n) is 8.01. The molecule has 0 saturated heterocycles. The first-order valence-corrected chi connectivity index (χ1v) is 9.94. The Morgan fingerprint density at radius 2 is 1.81 bits per heavy atom. The Bertz CT molecular complexity index is 912. The van der Waals surface area contributed by atoms with E-state index in [9.17, 15) is 9.59 Å². The van der Waals surface area contributed by atoms with Gasteiger partial charge in [0.15, 0.2) is 0 Å². The minimum absolute atomic E-state index is 0.377. The molecule has 3 rings (SSSR count). The van der Waals surface area contributed by atoms with Crippen molar-refractivity contribution in [3.8, 4) is 5.75 Å². The van der Waals surface area contributed by atoms with Crippen molar-refractivity contribution in [3.05, 3.63) is 76.2 Å². The highest BCUT2D eigenvalue weighted by atomic mass is 32.2. The Kier molecular flexibility index (Phi) is 6.45. The zero-order valence-corrected chi connectivity index (χ0v) is 16.1. The Morgan fingerprint density at radius 3 is 2.52 bits per heavy atom. The monoisotopic (exact) mass is 399 g/mol. The van der Waals surface area contributed by atoms with Gasteiger partial charge < -0.3 is 4.74 Å². The van der Waals surface area contributed by atoms with E-state index in [1.54, 1.807) is 49.0 Å². The highest BCUT2D eigenvalue weighted by molar-refractivity contribution is 7.98. The number of hydrazine groups is 1. The molecule has 0 aliphatic rings. The SMILES string of the molecule is COc1ccc(C(=O)NNC(=O)c2ccccc2SCc2cscn2)cc1. The van der Waals surface area contributed by atoms with E-state index in [1.165, 1.54) is 23.1 Å². The highest BCUT2D eigenvalue weighted by Crippen LogP contribution is 2.26. The Balaban J connectivity index is 1.61. The van der Waals surface area contributed by atoms with Crippen molar-refractivity contribution in [1.82, 2.24) is 15.8 Å². The van der Waals surface area contributed by atoms with Crippen molar-refractivity contribution in [3.63, 3.8) is 0 Å². The van der Waals surface area contributed by atoms with Gasteiger partial charge in [-0.1, -0.05) is 12.1 Å². The van der Waals surface area contributed by atoms with Crippen molar-refractivity contribution >= 4 is 34.9 Å². The van der Waals surface area contributed by atoms with Gasteiger partial charge in [-0.25, -0.2) is 4.98 Å². The molecule has 1 heterocycles. The quantitative estimate of drug-likeness (QED) is 0.490. The Hall–Kier alpha value is -2.84. The lowest BCUT2D eigenvalue weighted by atomic mass is 10.2. The van der Waals surface area contributed by atoms with Crippen LogP contribution in [-0.2, 0) is 5.75 Å². The molecule has 27 heavy (non-hydrogen) atoms. The number of aromatic nitrogens is 1. The standard InChI is InChI=1S/C19H17N3O3S2/c1-25-15-8-6-13(7-9-15)18(23)21-22-19(24)16-4-2-3-5-17(16)27-11-14-10-26-12-20-14/h2-10,12H,11H2,1H3,(H,21,23)(H,22,24). The zero-order chi connectivity index (χ0) is 19.1. The number of hydrogen-bond donors (Lipinski definition) is 2. The number of nitrogens with zero attached hydrogens (tertiary/aromatic N) is 1. The minimum Gasteiger partial charge on any atom is -0.497 e. The van der Waals surface area contributed by atoms with E-state index in [-0.39, 0.29) is 5.91 Å². The van der Waals surface area contributed by atoms with Crippen LogP contribution in [0, 0.1) is 0 Å². The number of methoxy groups -OCH3 is 1. The summed E-state index contributed by atoms with van der Waals surface area (Å²) in [7, 11) is 1.55. The van der Waals surface area contributed by atoms with Crippen LogP contribution in [0.3, 0.4) is 0 Å². The second-order valence-corrected chi connectivity index (χ2v) is 7.14. The molecule has 3 aromatic rings. The van der Waals surface area contributed by atoms with Gasteiger partial charge in [0, 0.05) is 21.6 Å². The number of thiazole rings is 1. The smallest absolute Gasteiger partial charge is 0.270 e. The van der Waals surface area contributed by atoms with Gasteiger partial charge in [0.25, 0.3) is 11.8 Å². The minimum atomic E-state index is -0.404. The molecule has 138 valence electrons. The molecule has 0 aliphatic carbocycles. The molecule has 0 saturated carbocycles. The molecule has 6 nitrogen and oxygen atoms in total. The average molecular weight is 399 g/mol. The molecular weight excluding hydrogens is 382 g/mol. The molecule has 1 aromatic heterocycles. The summed E-state index contributed by atoms with van der Waals surface area (Å²) in [6.07, 6.45) is 0. The van der Waals surface area contributed by atoms with Crippen molar-refractivity contribution in [1.29, 1.82) is 0 Å². The topological polar surface area (TPSA) is 80.3 Å². The molecule has 0 aliphatic heterocycles.